The van der Waals surface area contributed by atoms with E-state index in [2.05, 4.69) is 9.46 Å². The number of methoxy groups -OCH3 is 1. The van der Waals surface area contributed by atoms with Crippen molar-refractivity contribution in [1.82, 2.24) is 0 Å². The Morgan fingerprint density at radius 1 is 1.44 bits per heavy atom. The number of carbonyl (C=O) groups is 1. The minimum Gasteiger partial charge on any atom is -0.465 e. The smallest absolute Gasteiger partial charge is 0.337 e. The second-order valence-electron chi connectivity index (χ2n) is 3.61. The molecule has 0 spiro atoms. The summed E-state index contributed by atoms with van der Waals surface area (Å²) < 4.78 is 43.0. The number of esters is 1. The number of hydrogen-bond acceptors (Lipinski definition) is 4. The molecule has 0 aliphatic rings. The molecular formula is C11H14FNO4S. The van der Waals surface area contributed by atoms with E-state index in [1.54, 1.807) is 6.92 Å². The second-order valence-corrected chi connectivity index (χ2v) is 5.45. The largest absolute Gasteiger partial charge is 0.465 e. The van der Waals surface area contributed by atoms with Gasteiger partial charge in [0.2, 0.25) is 10.0 Å². The van der Waals surface area contributed by atoms with Gasteiger partial charge in [-0.2, -0.15) is 0 Å². The lowest BCUT2D eigenvalue weighted by molar-refractivity contribution is 0.0600. The number of carbonyl (C=O) groups excluding carboxylic acids is 1. The van der Waals surface area contributed by atoms with Gasteiger partial charge in [0.25, 0.3) is 0 Å². The highest BCUT2D eigenvalue weighted by Gasteiger charge is 2.15. The molecule has 0 atom stereocenters. The average Bonchev–Trinajstić information content (AvgIpc) is 2.30. The number of hydrogen-bond donors (Lipinski definition) is 1. The predicted molar refractivity (Wildman–Crippen MR) is 65.4 cm³/mol. The Kier molecular flexibility index (Phi) is 4.66. The number of anilines is 1. The molecule has 1 N–H and O–H groups in total. The van der Waals surface area contributed by atoms with Crippen LogP contribution in [0.4, 0.5) is 10.1 Å². The highest BCUT2D eigenvalue weighted by Crippen LogP contribution is 2.18. The summed E-state index contributed by atoms with van der Waals surface area (Å²) in [6.45, 7) is 1.69. The zero-order valence-corrected chi connectivity index (χ0v) is 10.9. The lowest BCUT2D eigenvalue weighted by atomic mass is 10.2. The molecule has 0 heterocycles. The summed E-state index contributed by atoms with van der Waals surface area (Å²) in [7, 11) is -2.41. The summed E-state index contributed by atoms with van der Waals surface area (Å²) in [5, 5.41) is 0. The van der Waals surface area contributed by atoms with Gasteiger partial charge in [-0.05, 0) is 24.6 Å². The third-order valence-electron chi connectivity index (χ3n) is 2.13. The molecule has 0 saturated carbocycles. The second kappa shape index (κ2) is 5.81. The van der Waals surface area contributed by atoms with Crippen molar-refractivity contribution >= 4 is 21.7 Å². The first-order valence-electron chi connectivity index (χ1n) is 5.28. The molecule has 0 radical (unpaired) electrons. The van der Waals surface area contributed by atoms with Gasteiger partial charge in [0.15, 0.2) is 0 Å². The molecular weight excluding hydrogens is 261 g/mol. The van der Waals surface area contributed by atoms with Gasteiger partial charge in [0.1, 0.15) is 5.82 Å². The Morgan fingerprint density at radius 3 is 2.67 bits per heavy atom. The number of rotatable bonds is 5. The van der Waals surface area contributed by atoms with Gasteiger partial charge in [-0.25, -0.2) is 17.6 Å². The van der Waals surface area contributed by atoms with Gasteiger partial charge < -0.3 is 4.74 Å². The van der Waals surface area contributed by atoms with Crippen molar-refractivity contribution < 1.29 is 22.3 Å². The zero-order valence-electron chi connectivity index (χ0n) is 10.1. The molecule has 1 rings (SSSR count). The lowest BCUT2D eigenvalue weighted by Crippen LogP contribution is -2.17. The van der Waals surface area contributed by atoms with E-state index in [0.717, 1.165) is 12.1 Å². The van der Waals surface area contributed by atoms with E-state index in [1.807, 2.05) is 0 Å². The van der Waals surface area contributed by atoms with Crippen molar-refractivity contribution in [3.05, 3.63) is 29.6 Å². The van der Waals surface area contributed by atoms with Crippen LogP contribution in [0.1, 0.15) is 23.7 Å². The summed E-state index contributed by atoms with van der Waals surface area (Å²) in [6, 6.07) is 3.34. The number of sulfonamides is 1. The number of nitrogens with one attached hydrogen (secondary N) is 1. The van der Waals surface area contributed by atoms with Crippen molar-refractivity contribution in [3.63, 3.8) is 0 Å². The van der Waals surface area contributed by atoms with Gasteiger partial charge in [-0.3, -0.25) is 4.72 Å². The van der Waals surface area contributed by atoms with Crippen LogP contribution in [0.25, 0.3) is 0 Å². The van der Waals surface area contributed by atoms with Gasteiger partial charge in [-0.1, -0.05) is 6.92 Å². The van der Waals surface area contributed by atoms with Crippen LogP contribution in [0.5, 0.6) is 0 Å². The fourth-order valence-electron chi connectivity index (χ4n) is 1.34. The number of benzene rings is 1. The fraction of sp³-hybridized carbons (Fsp3) is 0.364. The zero-order chi connectivity index (χ0) is 13.8. The monoisotopic (exact) mass is 275 g/mol. The summed E-state index contributed by atoms with van der Waals surface area (Å²) in [5.74, 6) is -1.53. The van der Waals surface area contributed by atoms with E-state index in [9.17, 15) is 17.6 Å². The first-order chi connectivity index (χ1) is 8.39. The molecule has 0 bridgehead atoms. The van der Waals surface area contributed by atoms with Crippen LogP contribution in [-0.2, 0) is 14.8 Å². The molecule has 1 aromatic rings. The fourth-order valence-corrected chi connectivity index (χ4v) is 2.47. The maximum atomic E-state index is 13.4. The molecule has 0 amide bonds. The SMILES string of the molecule is CCCS(=O)(=O)Nc1cc(C(=O)OC)ccc1F. The Bertz CT molecular complexity index is 542. The minimum atomic E-state index is -3.60. The van der Waals surface area contributed by atoms with E-state index in [1.165, 1.54) is 13.2 Å². The van der Waals surface area contributed by atoms with Crippen LogP contribution >= 0.6 is 0 Å². The van der Waals surface area contributed by atoms with Crippen LogP contribution in [0.3, 0.4) is 0 Å². The Hall–Kier alpha value is -1.63. The van der Waals surface area contributed by atoms with Crippen molar-refractivity contribution in [1.29, 1.82) is 0 Å². The van der Waals surface area contributed by atoms with Gasteiger partial charge in [0, 0.05) is 0 Å². The Balaban J connectivity index is 3.05. The molecule has 0 fully saturated rings. The summed E-state index contributed by atoms with van der Waals surface area (Å²) in [4.78, 5) is 11.2. The first-order valence-corrected chi connectivity index (χ1v) is 6.93. The molecule has 1 aromatic carbocycles. The number of halogens is 1. The van der Waals surface area contributed by atoms with Crippen molar-refractivity contribution in [3.8, 4) is 0 Å². The maximum Gasteiger partial charge on any atom is 0.337 e. The van der Waals surface area contributed by atoms with Crippen LogP contribution in [0.15, 0.2) is 18.2 Å². The standard InChI is InChI=1S/C11H14FNO4S/c1-3-6-18(15,16)13-10-7-8(11(14)17-2)4-5-9(10)12/h4-5,7,13H,3,6H2,1-2H3. The molecule has 0 aliphatic carbocycles. The first kappa shape index (κ1) is 14.4. The molecule has 18 heavy (non-hydrogen) atoms. The maximum absolute atomic E-state index is 13.4. The lowest BCUT2D eigenvalue weighted by Gasteiger charge is -2.09. The Morgan fingerprint density at radius 2 is 2.11 bits per heavy atom. The van der Waals surface area contributed by atoms with Gasteiger partial charge in [0.05, 0.1) is 24.1 Å². The molecule has 0 aliphatic heterocycles. The van der Waals surface area contributed by atoms with Crippen molar-refractivity contribution in [2.75, 3.05) is 17.6 Å². The van der Waals surface area contributed by atoms with E-state index >= 15 is 0 Å². The van der Waals surface area contributed by atoms with E-state index in [0.29, 0.717) is 6.42 Å². The van der Waals surface area contributed by atoms with Crippen LogP contribution in [0, 0.1) is 5.82 Å². The van der Waals surface area contributed by atoms with Crippen LogP contribution < -0.4 is 4.72 Å². The third kappa shape index (κ3) is 3.69. The Labute approximate surface area is 105 Å². The highest BCUT2D eigenvalue weighted by atomic mass is 32.2. The topological polar surface area (TPSA) is 72.5 Å². The van der Waals surface area contributed by atoms with E-state index in [-0.39, 0.29) is 17.0 Å². The molecule has 0 unspecified atom stereocenters. The van der Waals surface area contributed by atoms with E-state index < -0.39 is 21.8 Å². The third-order valence-corrected chi connectivity index (χ3v) is 3.60. The van der Waals surface area contributed by atoms with Gasteiger partial charge in [-0.15, -0.1) is 0 Å². The summed E-state index contributed by atoms with van der Waals surface area (Å²) >= 11 is 0. The van der Waals surface area contributed by atoms with Crippen molar-refractivity contribution in [2.24, 2.45) is 0 Å². The summed E-state index contributed by atoms with van der Waals surface area (Å²) in [5.41, 5.74) is -0.181. The highest BCUT2D eigenvalue weighted by molar-refractivity contribution is 7.92. The molecule has 0 aromatic heterocycles. The number of ether oxygens (including phenoxy) is 1. The normalized spacial score (nSPS) is 11.1. The van der Waals surface area contributed by atoms with E-state index in [4.69, 9.17) is 0 Å². The average molecular weight is 275 g/mol. The van der Waals surface area contributed by atoms with Gasteiger partial charge >= 0.3 is 5.97 Å². The van der Waals surface area contributed by atoms with Crippen LogP contribution in [0.2, 0.25) is 0 Å². The molecule has 0 saturated heterocycles. The van der Waals surface area contributed by atoms with Crippen molar-refractivity contribution in [2.45, 2.75) is 13.3 Å². The molecule has 7 heteroatoms. The minimum absolute atomic E-state index is 0.0769. The molecule has 5 nitrogen and oxygen atoms in total. The quantitative estimate of drug-likeness (QED) is 0.831. The molecule has 100 valence electrons. The predicted octanol–water partition coefficient (Wildman–Crippen LogP) is 1.76. The summed E-state index contributed by atoms with van der Waals surface area (Å²) in [6.07, 6.45) is 0.410. The van der Waals surface area contributed by atoms with Crippen LogP contribution in [-0.4, -0.2) is 27.2 Å².